The van der Waals surface area contributed by atoms with Crippen LogP contribution in [0.2, 0.25) is 10.0 Å². The smallest absolute Gasteiger partial charge is 0.410 e. The number of amides is 2. The van der Waals surface area contributed by atoms with E-state index in [0.29, 0.717) is 39.6 Å². The molecule has 0 spiro atoms. The summed E-state index contributed by atoms with van der Waals surface area (Å²) < 4.78 is 5.61. The number of anilines is 5. The Labute approximate surface area is 255 Å². The summed E-state index contributed by atoms with van der Waals surface area (Å²) in [4.78, 5) is 42.7. The summed E-state index contributed by atoms with van der Waals surface area (Å²) >= 11 is 12.8. The number of carbonyl (C=O) groups excluding carboxylic acids is 2. The van der Waals surface area contributed by atoms with Crippen LogP contribution in [-0.2, 0) is 4.74 Å². The summed E-state index contributed by atoms with van der Waals surface area (Å²) in [5.41, 5.74) is 3.41. The first-order chi connectivity index (χ1) is 19.9. The first kappa shape index (κ1) is 28.4. The number of nitrogens with zero attached hydrogens (tertiary/aromatic N) is 6. The molecule has 2 bridgehead atoms. The maximum absolute atomic E-state index is 13.4. The van der Waals surface area contributed by atoms with Crippen LogP contribution < -0.4 is 20.0 Å². The molecular weight excluding hydrogens is 577 g/mol. The third kappa shape index (κ3) is 5.18. The molecule has 2 saturated heterocycles. The number of rotatable bonds is 4. The number of hydrogen-bond acceptors (Lipinski definition) is 8. The highest BCUT2D eigenvalue weighted by molar-refractivity contribution is 6.40. The zero-order valence-corrected chi connectivity index (χ0v) is 25.7. The number of fused-ring (bicyclic) bond motifs is 3. The van der Waals surface area contributed by atoms with E-state index in [-0.39, 0.29) is 30.8 Å². The third-order valence-electron chi connectivity index (χ3n) is 7.80. The number of carbonyl (C=O) groups is 2. The molecular formula is C30H33Cl2N7O3. The van der Waals surface area contributed by atoms with Crippen molar-refractivity contribution in [2.75, 3.05) is 46.8 Å². The highest BCUT2D eigenvalue weighted by atomic mass is 35.5. The fourth-order valence-corrected chi connectivity index (χ4v) is 6.58. The lowest BCUT2D eigenvalue weighted by atomic mass is 10.1. The van der Waals surface area contributed by atoms with Gasteiger partial charge < -0.3 is 24.8 Å². The van der Waals surface area contributed by atoms with Gasteiger partial charge in [0, 0.05) is 43.8 Å². The topological polar surface area (TPSA) is 94.1 Å². The summed E-state index contributed by atoms with van der Waals surface area (Å²) in [6.07, 6.45) is 2.23. The summed E-state index contributed by atoms with van der Waals surface area (Å²) in [6, 6.07) is 11.7. The van der Waals surface area contributed by atoms with Crippen LogP contribution in [0.15, 0.2) is 42.6 Å². The van der Waals surface area contributed by atoms with Gasteiger partial charge in [0.05, 0.1) is 28.4 Å². The van der Waals surface area contributed by atoms with Crippen molar-refractivity contribution in [3.8, 4) is 0 Å². The molecule has 2 fully saturated rings. The second kappa shape index (κ2) is 10.5. The molecule has 3 aliphatic rings. The predicted molar refractivity (Wildman–Crippen MR) is 166 cm³/mol. The van der Waals surface area contributed by atoms with Crippen molar-refractivity contribution in [1.82, 2.24) is 14.9 Å². The normalized spacial score (nSPS) is 19.8. The molecule has 0 saturated carbocycles. The minimum atomic E-state index is -0.504. The van der Waals surface area contributed by atoms with Gasteiger partial charge in [0.1, 0.15) is 17.0 Å². The van der Waals surface area contributed by atoms with Gasteiger partial charge in [-0.15, -0.1) is 0 Å². The second-order valence-corrected chi connectivity index (χ2v) is 12.8. The van der Waals surface area contributed by atoms with Crippen molar-refractivity contribution in [3.63, 3.8) is 0 Å². The van der Waals surface area contributed by atoms with Crippen LogP contribution in [0.1, 0.15) is 43.1 Å². The summed E-state index contributed by atoms with van der Waals surface area (Å²) in [5.74, 6) is 0.640. The van der Waals surface area contributed by atoms with Crippen molar-refractivity contribution in [3.05, 3.63) is 63.8 Å². The number of likely N-dealkylation sites (tertiary alicyclic amines) is 1. The van der Waals surface area contributed by atoms with Gasteiger partial charge in [-0.3, -0.25) is 9.69 Å². The largest absolute Gasteiger partial charge is 0.444 e. The van der Waals surface area contributed by atoms with E-state index in [1.807, 2.05) is 43.7 Å². The third-order valence-corrected chi connectivity index (χ3v) is 8.41. The Hall–Kier alpha value is -3.76. The fourth-order valence-electron chi connectivity index (χ4n) is 5.97. The van der Waals surface area contributed by atoms with Crippen LogP contribution in [0.3, 0.4) is 0 Å². The molecule has 12 heteroatoms. The van der Waals surface area contributed by atoms with Gasteiger partial charge in [-0.2, -0.15) is 4.98 Å². The lowest BCUT2D eigenvalue weighted by molar-refractivity contribution is 0.0214. The quantitative estimate of drug-likeness (QED) is 0.380. The molecule has 42 heavy (non-hydrogen) atoms. The van der Waals surface area contributed by atoms with E-state index in [1.165, 1.54) is 11.1 Å². The molecule has 2 amide bonds. The molecule has 2 aromatic carbocycles. The van der Waals surface area contributed by atoms with E-state index in [4.69, 9.17) is 27.9 Å². The van der Waals surface area contributed by atoms with Gasteiger partial charge in [0.15, 0.2) is 0 Å². The maximum Gasteiger partial charge on any atom is 0.410 e. The van der Waals surface area contributed by atoms with Crippen molar-refractivity contribution in [2.45, 2.75) is 51.8 Å². The zero-order valence-electron chi connectivity index (χ0n) is 24.2. The minimum Gasteiger partial charge on any atom is -0.444 e. The van der Waals surface area contributed by atoms with E-state index in [2.05, 4.69) is 39.2 Å². The van der Waals surface area contributed by atoms with Crippen molar-refractivity contribution in [1.29, 1.82) is 0 Å². The van der Waals surface area contributed by atoms with Crippen LogP contribution in [-0.4, -0.2) is 71.4 Å². The van der Waals surface area contributed by atoms with Crippen LogP contribution in [0.5, 0.6) is 0 Å². The maximum atomic E-state index is 13.4. The molecule has 220 valence electrons. The molecule has 0 aliphatic carbocycles. The Kier molecular flexibility index (Phi) is 7.09. The number of ether oxygens (including phenoxy) is 1. The van der Waals surface area contributed by atoms with Crippen LogP contribution in [0.4, 0.5) is 33.6 Å². The first-order valence-corrected chi connectivity index (χ1v) is 14.6. The van der Waals surface area contributed by atoms with Crippen molar-refractivity contribution < 1.29 is 14.3 Å². The second-order valence-electron chi connectivity index (χ2n) is 12.0. The van der Waals surface area contributed by atoms with Gasteiger partial charge in [-0.1, -0.05) is 29.3 Å². The van der Waals surface area contributed by atoms with Gasteiger partial charge in [-0.25, -0.2) is 9.78 Å². The summed E-state index contributed by atoms with van der Waals surface area (Å²) in [5, 5.41) is 4.08. The molecule has 1 N–H and O–H groups in total. The minimum absolute atomic E-state index is 0.149. The van der Waals surface area contributed by atoms with E-state index in [1.54, 1.807) is 18.2 Å². The van der Waals surface area contributed by atoms with Crippen LogP contribution >= 0.6 is 23.2 Å². The highest BCUT2D eigenvalue weighted by Crippen LogP contribution is 2.39. The summed E-state index contributed by atoms with van der Waals surface area (Å²) in [6.45, 7) is 9.43. The number of nitrogens with one attached hydrogen (secondary N) is 1. The Bertz CT molecular complexity index is 1560. The molecule has 3 aliphatic heterocycles. The van der Waals surface area contributed by atoms with Crippen molar-refractivity contribution >= 4 is 64.0 Å². The van der Waals surface area contributed by atoms with Crippen LogP contribution in [0.25, 0.3) is 0 Å². The number of aryl methyl sites for hydroxylation is 1. The Morgan fingerprint density at radius 3 is 2.48 bits per heavy atom. The average Bonchev–Trinajstić information content (AvgIpc) is 3.52. The number of hydrogen-bond donors (Lipinski definition) is 1. The Morgan fingerprint density at radius 1 is 1.10 bits per heavy atom. The highest BCUT2D eigenvalue weighted by Gasteiger charge is 2.46. The predicted octanol–water partition coefficient (Wildman–Crippen LogP) is 6.09. The number of piperazine rings is 1. The molecule has 4 heterocycles. The van der Waals surface area contributed by atoms with Gasteiger partial charge in [-0.05, 0) is 70.0 Å². The molecule has 3 aromatic rings. The van der Waals surface area contributed by atoms with Gasteiger partial charge in [0.25, 0.3) is 5.91 Å². The Balaban J connectivity index is 1.15. The molecule has 1 aromatic heterocycles. The lowest BCUT2D eigenvalue weighted by Gasteiger charge is -2.37. The number of halogens is 2. The van der Waals surface area contributed by atoms with Crippen LogP contribution in [0, 0.1) is 6.92 Å². The number of para-hydroxylation sites is 1. The van der Waals surface area contributed by atoms with E-state index < -0.39 is 5.60 Å². The molecule has 0 radical (unpaired) electrons. The molecule has 10 nitrogen and oxygen atoms in total. The molecule has 2 atom stereocenters. The monoisotopic (exact) mass is 609 g/mol. The van der Waals surface area contributed by atoms with E-state index >= 15 is 0 Å². The van der Waals surface area contributed by atoms with Gasteiger partial charge >= 0.3 is 6.09 Å². The summed E-state index contributed by atoms with van der Waals surface area (Å²) in [7, 11) is 1.85. The zero-order chi connectivity index (χ0) is 29.9. The van der Waals surface area contributed by atoms with E-state index in [9.17, 15) is 9.59 Å². The first-order valence-electron chi connectivity index (χ1n) is 13.9. The van der Waals surface area contributed by atoms with Crippen molar-refractivity contribution in [2.24, 2.45) is 0 Å². The fraction of sp³-hybridized carbons (Fsp3) is 0.400. The average molecular weight is 611 g/mol. The Morgan fingerprint density at radius 2 is 1.83 bits per heavy atom. The SMILES string of the molecule is Cc1cc(Nc2ncc3c(n2)N(C)CN(c2c(Cl)cccc2Cl)C3=O)ccc1N1CC2CC1CN2C(=O)OC(C)(C)C. The number of aromatic nitrogens is 2. The van der Waals surface area contributed by atoms with E-state index in [0.717, 1.165) is 29.9 Å². The lowest BCUT2D eigenvalue weighted by Crippen LogP contribution is -2.50. The molecule has 6 rings (SSSR count). The standard InChI is InChI=1S/C30H33Cl2N7O3/c1-17-11-18(9-10-24(17)37-14-20-12-19(37)15-38(20)29(41)42-30(2,3)4)34-28-33-13-21-26(35-28)36(5)16-39(27(21)40)25-22(31)7-6-8-23(25)32/h6-11,13,19-20H,12,14-16H2,1-5H3,(H,33,34,35). The number of benzene rings is 2. The molecule has 2 unspecified atom stereocenters. The van der Waals surface area contributed by atoms with Gasteiger partial charge in [0.2, 0.25) is 5.95 Å².